The van der Waals surface area contributed by atoms with Gasteiger partial charge in [-0.25, -0.2) is 0 Å². The Bertz CT molecular complexity index is 1320. The number of phenolic OH excluding ortho intramolecular Hbond substituents is 2. The van der Waals surface area contributed by atoms with Gasteiger partial charge in [0.05, 0.1) is 0 Å². The molecular weight excluding hydrogens is 492 g/mol. The standard InChI is InChI=1S/C36H42N2O2/c1-25-19-31(35(39)33(21-25)27(3)29-11-7-5-8-12-29)23-37-15-17-38(18-16-37)24-32-20-26(2)22-34(36(32)40)28(4)30-13-9-6-10-14-30/h5-14,19-22,27-28,39-40H,15-18,23-24H2,1-4H3/p+2/t27-,28+. The summed E-state index contributed by atoms with van der Waals surface area (Å²) in [4.78, 5) is 3.02. The molecule has 0 aliphatic carbocycles. The van der Waals surface area contributed by atoms with Gasteiger partial charge in [0.15, 0.2) is 0 Å². The molecule has 0 radical (unpaired) electrons. The van der Waals surface area contributed by atoms with E-state index in [4.69, 9.17) is 0 Å². The summed E-state index contributed by atoms with van der Waals surface area (Å²) in [6.45, 7) is 14.5. The number of hydrogen-bond acceptors (Lipinski definition) is 2. The maximum Gasteiger partial charge on any atom is 0.128 e. The number of piperazine rings is 1. The molecule has 2 atom stereocenters. The van der Waals surface area contributed by atoms with Gasteiger partial charge in [0, 0.05) is 34.1 Å². The van der Waals surface area contributed by atoms with Crippen molar-refractivity contribution in [3.63, 3.8) is 0 Å². The maximum atomic E-state index is 11.3. The first-order chi connectivity index (χ1) is 19.3. The van der Waals surface area contributed by atoms with Gasteiger partial charge in [-0.1, -0.05) is 97.8 Å². The van der Waals surface area contributed by atoms with E-state index in [1.165, 1.54) is 32.1 Å². The molecule has 4 nitrogen and oxygen atoms in total. The van der Waals surface area contributed by atoms with Crippen molar-refractivity contribution in [3.05, 3.63) is 129 Å². The number of aryl methyl sites for hydroxylation is 2. The van der Waals surface area contributed by atoms with E-state index in [1.807, 2.05) is 12.1 Å². The van der Waals surface area contributed by atoms with Gasteiger partial charge in [-0.05, 0) is 37.1 Å². The lowest BCUT2D eigenvalue weighted by atomic mass is 9.89. The second-order valence-corrected chi connectivity index (χ2v) is 11.8. The molecule has 1 aliphatic rings. The molecule has 4 N–H and O–H groups in total. The summed E-state index contributed by atoms with van der Waals surface area (Å²) in [5, 5.41) is 22.6. The lowest BCUT2D eigenvalue weighted by Crippen LogP contribution is -3.27. The zero-order valence-corrected chi connectivity index (χ0v) is 24.4. The van der Waals surface area contributed by atoms with Crippen LogP contribution in [0.5, 0.6) is 11.5 Å². The first-order valence-electron chi connectivity index (χ1n) is 14.7. The predicted molar refractivity (Wildman–Crippen MR) is 162 cm³/mol. The third-order valence-corrected chi connectivity index (χ3v) is 8.80. The van der Waals surface area contributed by atoms with Crippen molar-refractivity contribution >= 4 is 0 Å². The minimum Gasteiger partial charge on any atom is -0.507 e. The van der Waals surface area contributed by atoms with E-state index in [2.05, 4.69) is 100 Å². The fourth-order valence-corrected chi connectivity index (χ4v) is 6.39. The van der Waals surface area contributed by atoms with Gasteiger partial charge in [-0.15, -0.1) is 0 Å². The fraction of sp³-hybridized carbons (Fsp3) is 0.333. The van der Waals surface area contributed by atoms with E-state index in [-0.39, 0.29) is 11.8 Å². The Labute approximate surface area is 239 Å². The van der Waals surface area contributed by atoms with Crippen LogP contribution in [-0.4, -0.2) is 36.4 Å². The van der Waals surface area contributed by atoms with E-state index in [0.29, 0.717) is 11.5 Å². The highest BCUT2D eigenvalue weighted by Crippen LogP contribution is 2.35. The highest BCUT2D eigenvalue weighted by molar-refractivity contribution is 5.49. The van der Waals surface area contributed by atoms with Crippen LogP contribution in [0.25, 0.3) is 0 Å². The van der Waals surface area contributed by atoms with Gasteiger partial charge in [0.25, 0.3) is 0 Å². The maximum absolute atomic E-state index is 11.3. The van der Waals surface area contributed by atoms with Crippen LogP contribution in [0.1, 0.15) is 70.2 Å². The molecule has 0 bridgehead atoms. The number of nitrogens with one attached hydrogen (secondary N) is 2. The number of aromatic hydroxyl groups is 2. The summed E-state index contributed by atoms with van der Waals surface area (Å²) < 4.78 is 0. The van der Waals surface area contributed by atoms with Crippen molar-refractivity contribution in [1.29, 1.82) is 0 Å². The molecule has 5 rings (SSSR count). The molecule has 4 aromatic rings. The van der Waals surface area contributed by atoms with Crippen molar-refractivity contribution in [2.75, 3.05) is 26.2 Å². The van der Waals surface area contributed by atoms with Crippen molar-refractivity contribution in [2.24, 2.45) is 0 Å². The zero-order valence-electron chi connectivity index (χ0n) is 24.4. The number of phenols is 2. The van der Waals surface area contributed by atoms with Gasteiger partial charge in [-0.3, -0.25) is 0 Å². The van der Waals surface area contributed by atoms with Gasteiger partial charge in [0.2, 0.25) is 0 Å². The normalized spacial score (nSPS) is 18.8. The second kappa shape index (κ2) is 12.3. The van der Waals surface area contributed by atoms with Crippen LogP contribution in [0.2, 0.25) is 0 Å². The molecule has 4 heteroatoms. The molecule has 1 aliphatic heterocycles. The van der Waals surface area contributed by atoms with Crippen molar-refractivity contribution in [1.82, 2.24) is 0 Å². The highest BCUT2D eigenvalue weighted by Gasteiger charge is 2.27. The molecule has 208 valence electrons. The Morgan fingerprint density at radius 3 is 1.27 bits per heavy atom. The average molecular weight is 537 g/mol. The molecule has 0 aromatic heterocycles. The third kappa shape index (κ3) is 6.24. The summed E-state index contributed by atoms with van der Waals surface area (Å²) >= 11 is 0. The van der Waals surface area contributed by atoms with Gasteiger partial charge in [0.1, 0.15) is 50.8 Å². The summed E-state index contributed by atoms with van der Waals surface area (Å²) in [6, 6.07) is 29.4. The smallest absolute Gasteiger partial charge is 0.128 e. The number of benzene rings is 4. The molecule has 0 amide bonds. The monoisotopic (exact) mass is 536 g/mol. The van der Waals surface area contributed by atoms with Crippen molar-refractivity contribution in [2.45, 2.75) is 52.6 Å². The van der Waals surface area contributed by atoms with Crippen molar-refractivity contribution in [3.8, 4) is 11.5 Å². The molecule has 1 saturated heterocycles. The SMILES string of the molecule is Cc1cc(C[NH+]2CC[NH+](Cc3cc(C)cc([C@@H](C)c4ccccc4)c3O)CC2)c(O)c([C@H](C)c2ccccc2)c1. The number of rotatable bonds is 8. The summed E-state index contributed by atoms with van der Waals surface area (Å²) in [7, 11) is 0. The molecule has 1 fully saturated rings. The first-order valence-corrected chi connectivity index (χ1v) is 14.7. The largest absolute Gasteiger partial charge is 0.507 e. The van der Waals surface area contributed by atoms with E-state index in [9.17, 15) is 10.2 Å². The minimum absolute atomic E-state index is 0.146. The third-order valence-electron chi connectivity index (χ3n) is 8.80. The van der Waals surface area contributed by atoms with E-state index in [0.717, 1.165) is 61.5 Å². The van der Waals surface area contributed by atoms with Crippen molar-refractivity contribution < 1.29 is 20.0 Å². The van der Waals surface area contributed by atoms with E-state index < -0.39 is 0 Å². The van der Waals surface area contributed by atoms with E-state index in [1.54, 1.807) is 0 Å². The summed E-state index contributed by atoms with van der Waals surface area (Å²) in [5.74, 6) is 1.20. The number of hydrogen-bond donors (Lipinski definition) is 4. The van der Waals surface area contributed by atoms with Gasteiger partial charge < -0.3 is 20.0 Å². The Morgan fingerprint density at radius 2 is 0.925 bits per heavy atom. The zero-order chi connectivity index (χ0) is 28.2. The van der Waals surface area contributed by atoms with Gasteiger partial charge in [-0.2, -0.15) is 0 Å². The Kier molecular flexibility index (Phi) is 8.58. The molecule has 4 aromatic carbocycles. The number of quaternary nitrogens is 2. The predicted octanol–water partition coefficient (Wildman–Crippen LogP) is 4.50. The molecule has 0 spiro atoms. The molecule has 0 unspecified atom stereocenters. The molecule has 1 heterocycles. The molecule has 40 heavy (non-hydrogen) atoms. The minimum atomic E-state index is 0.146. The Hall–Kier alpha value is -3.60. The molecule has 0 saturated carbocycles. The average Bonchev–Trinajstić information content (AvgIpc) is 2.97. The fourth-order valence-electron chi connectivity index (χ4n) is 6.39. The van der Waals surface area contributed by atoms with Crippen LogP contribution in [0, 0.1) is 13.8 Å². The Balaban J connectivity index is 1.25. The molecular formula is C36H44N2O2+2. The second-order valence-electron chi connectivity index (χ2n) is 11.8. The quantitative estimate of drug-likeness (QED) is 0.268. The highest BCUT2D eigenvalue weighted by atomic mass is 16.3. The summed E-state index contributed by atoms with van der Waals surface area (Å²) in [5.41, 5.74) is 8.97. The van der Waals surface area contributed by atoms with Crippen LogP contribution >= 0.6 is 0 Å². The first kappa shape index (κ1) is 27.9. The summed E-state index contributed by atoms with van der Waals surface area (Å²) in [6.07, 6.45) is 0. The Morgan fingerprint density at radius 1 is 0.575 bits per heavy atom. The van der Waals surface area contributed by atoms with E-state index >= 15 is 0 Å². The van der Waals surface area contributed by atoms with Crippen LogP contribution < -0.4 is 9.80 Å². The van der Waals surface area contributed by atoms with Crippen LogP contribution in [-0.2, 0) is 13.1 Å². The topological polar surface area (TPSA) is 49.3 Å². The lowest BCUT2D eigenvalue weighted by Gasteiger charge is -2.30. The lowest BCUT2D eigenvalue weighted by molar-refractivity contribution is -1.02. The van der Waals surface area contributed by atoms with Crippen LogP contribution in [0.4, 0.5) is 0 Å². The van der Waals surface area contributed by atoms with Crippen LogP contribution in [0.3, 0.4) is 0 Å². The van der Waals surface area contributed by atoms with Gasteiger partial charge >= 0.3 is 0 Å². The van der Waals surface area contributed by atoms with Crippen LogP contribution in [0.15, 0.2) is 84.9 Å².